The normalized spacial score (nSPS) is 12.4. The van der Waals surface area contributed by atoms with Gasteiger partial charge in [0, 0.05) is 17.6 Å². The number of aliphatic hydroxyl groups excluding tert-OH is 1. The van der Waals surface area contributed by atoms with E-state index in [0.29, 0.717) is 5.75 Å². The van der Waals surface area contributed by atoms with Crippen molar-refractivity contribution in [1.29, 1.82) is 0 Å². The van der Waals surface area contributed by atoms with Gasteiger partial charge in [0.15, 0.2) is 5.76 Å². The summed E-state index contributed by atoms with van der Waals surface area (Å²) in [5.74, 6) is 2.19. The molecule has 3 aromatic rings. The van der Waals surface area contributed by atoms with Gasteiger partial charge in [-0.1, -0.05) is 41.6 Å². The fourth-order valence-electron chi connectivity index (χ4n) is 1.96. The Balaban J connectivity index is 1.52. The second-order valence-corrected chi connectivity index (χ2v) is 6.58. The summed E-state index contributed by atoms with van der Waals surface area (Å²) in [6.07, 6.45) is -0.445. The van der Waals surface area contributed by atoms with Crippen molar-refractivity contribution in [2.75, 3.05) is 5.75 Å². The fraction of sp³-hybridized carbons (Fsp3) is 0.188. The number of hydrogen-bond acceptors (Lipinski definition) is 5. The summed E-state index contributed by atoms with van der Waals surface area (Å²) in [5.41, 5.74) is 1.85. The number of aromatic nitrogens is 1. The lowest BCUT2D eigenvalue weighted by molar-refractivity contribution is 0.204. The van der Waals surface area contributed by atoms with Gasteiger partial charge in [-0.2, -0.15) is 11.8 Å². The Morgan fingerprint density at radius 2 is 2.05 bits per heavy atom. The maximum Gasteiger partial charge on any atom is 0.177 e. The molecule has 0 bridgehead atoms. The molecule has 0 aliphatic heterocycles. The molecule has 0 saturated carbocycles. The Bertz CT molecular complexity index is 665. The van der Waals surface area contributed by atoms with Crippen LogP contribution in [-0.4, -0.2) is 16.0 Å². The molecule has 3 rings (SSSR count). The summed E-state index contributed by atoms with van der Waals surface area (Å²) in [5, 5.41) is 16.2. The van der Waals surface area contributed by atoms with Crippen molar-refractivity contribution in [2.24, 2.45) is 0 Å². The summed E-state index contributed by atoms with van der Waals surface area (Å²) in [6.45, 7) is 0. The van der Waals surface area contributed by atoms with Crippen LogP contribution in [0.2, 0.25) is 0 Å². The van der Waals surface area contributed by atoms with Crippen LogP contribution in [0.4, 0.5) is 0 Å². The molecule has 3 nitrogen and oxygen atoms in total. The summed E-state index contributed by atoms with van der Waals surface area (Å²) in [6, 6.07) is 15.7. The molecule has 1 aromatic carbocycles. The molecule has 2 aromatic heterocycles. The molecule has 0 saturated heterocycles. The highest BCUT2D eigenvalue weighted by Crippen LogP contribution is 2.27. The Labute approximate surface area is 131 Å². The lowest BCUT2D eigenvalue weighted by Gasteiger charge is -2.09. The summed E-state index contributed by atoms with van der Waals surface area (Å²) < 4.78 is 5.34. The van der Waals surface area contributed by atoms with Crippen LogP contribution in [0.25, 0.3) is 10.6 Å². The van der Waals surface area contributed by atoms with Crippen LogP contribution in [0.5, 0.6) is 0 Å². The SMILES string of the molecule is OC(CSCc1cc(-c2cccs2)on1)c1ccccc1. The predicted octanol–water partition coefficient (Wildman–Crippen LogP) is 4.37. The minimum Gasteiger partial charge on any atom is -0.388 e. The van der Waals surface area contributed by atoms with Gasteiger partial charge in [-0.25, -0.2) is 0 Å². The van der Waals surface area contributed by atoms with Gasteiger partial charge in [-0.3, -0.25) is 0 Å². The van der Waals surface area contributed by atoms with Gasteiger partial charge in [0.25, 0.3) is 0 Å². The van der Waals surface area contributed by atoms with E-state index in [0.717, 1.165) is 27.6 Å². The Kier molecular flexibility index (Phi) is 4.75. The van der Waals surface area contributed by atoms with E-state index in [1.54, 1.807) is 23.1 Å². The van der Waals surface area contributed by atoms with Gasteiger partial charge < -0.3 is 9.63 Å². The smallest absolute Gasteiger partial charge is 0.177 e. The van der Waals surface area contributed by atoms with E-state index in [1.807, 2.05) is 53.9 Å². The van der Waals surface area contributed by atoms with Gasteiger partial charge >= 0.3 is 0 Å². The number of hydrogen-bond donors (Lipinski definition) is 1. The molecule has 0 radical (unpaired) electrons. The third-order valence-electron chi connectivity index (χ3n) is 3.03. The zero-order valence-electron chi connectivity index (χ0n) is 11.3. The molecule has 1 unspecified atom stereocenters. The molecule has 0 fully saturated rings. The third kappa shape index (κ3) is 3.75. The van der Waals surface area contributed by atoms with E-state index in [2.05, 4.69) is 5.16 Å². The first-order valence-corrected chi connectivity index (χ1v) is 8.66. The number of thiophene rings is 1. The minimum atomic E-state index is -0.445. The van der Waals surface area contributed by atoms with Crippen LogP contribution < -0.4 is 0 Å². The lowest BCUT2D eigenvalue weighted by Crippen LogP contribution is -2.00. The van der Waals surface area contributed by atoms with E-state index in [-0.39, 0.29) is 0 Å². The number of rotatable bonds is 6. The van der Waals surface area contributed by atoms with E-state index in [4.69, 9.17) is 4.52 Å². The van der Waals surface area contributed by atoms with Crippen molar-refractivity contribution in [3.63, 3.8) is 0 Å². The number of thioether (sulfide) groups is 1. The van der Waals surface area contributed by atoms with Gasteiger partial charge in [0.2, 0.25) is 0 Å². The zero-order valence-corrected chi connectivity index (χ0v) is 12.9. The average Bonchev–Trinajstić information content (AvgIpc) is 3.19. The minimum absolute atomic E-state index is 0.445. The Morgan fingerprint density at radius 3 is 2.81 bits per heavy atom. The van der Waals surface area contributed by atoms with Gasteiger partial charge in [0.05, 0.1) is 16.7 Å². The van der Waals surface area contributed by atoms with Crippen LogP contribution in [0, 0.1) is 0 Å². The topological polar surface area (TPSA) is 46.3 Å². The zero-order chi connectivity index (χ0) is 14.5. The van der Waals surface area contributed by atoms with Crippen LogP contribution in [0.1, 0.15) is 17.4 Å². The highest BCUT2D eigenvalue weighted by atomic mass is 32.2. The number of aliphatic hydroxyl groups is 1. The van der Waals surface area contributed by atoms with E-state index >= 15 is 0 Å². The van der Waals surface area contributed by atoms with E-state index in [1.165, 1.54) is 0 Å². The first-order valence-electron chi connectivity index (χ1n) is 6.63. The van der Waals surface area contributed by atoms with Gasteiger partial charge in [0.1, 0.15) is 0 Å². The van der Waals surface area contributed by atoms with Gasteiger partial charge in [-0.05, 0) is 17.0 Å². The van der Waals surface area contributed by atoms with E-state index < -0.39 is 6.10 Å². The maximum atomic E-state index is 10.1. The highest BCUT2D eigenvalue weighted by molar-refractivity contribution is 7.98. The summed E-state index contributed by atoms with van der Waals surface area (Å²) >= 11 is 3.29. The van der Waals surface area contributed by atoms with Gasteiger partial charge in [-0.15, -0.1) is 11.3 Å². The molecule has 0 spiro atoms. The second-order valence-electron chi connectivity index (χ2n) is 4.60. The standard InChI is InChI=1S/C16H15NO2S2/c18-14(12-5-2-1-3-6-12)11-20-10-13-9-15(19-17-13)16-7-4-8-21-16/h1-9,14,18H,10-11H2. The first-order chi connectivity index (χ1) is 10.3. The van der Waals surface area contributed by atoms with Crippen molar-refractivity contribution in [3.8, 4) is 10.6 Å². The maximum absolute atomic E-state index is 10.1. The Morgan fingerprint density at radius 1 is 1.19 bits per heavy atom. The van der Waals surface area contributed by atoms with Crippen LogP contribution >= 0.6 is 23.1 Å². The van der Waals surface area contributed by atoms with Crippen molar-refractivity contribution in [2.45, 2.75) is 11.9 Å². The molecule has 0 aliphatic carbocycles. The summed E-state index contributed by atoms with van der Waals surface area (Å²) in [4.78, 5) is 1.09. The largest absolute Gasteiger partial charge is 0.388 e. The molecule has 5 heteroatoms. The quantitative estimate of drug-likeness (QED) is 0.733. The molecule has 0 amide bonds. The molecule has 0 aliphatic rings. The monoisotopic (exact) mass is 317 g/mol. The first kappa shape index (κ1) is 14.4. The molecular formula is C16H15NO2S2. The molecule has 21 heavy (non-hydrogen) atoms. The molecule has 2 heterocycles. The predicted molar refractivity (Wildman–Crippen MR) is 87.4 cm³/mol. The number of nitrogens with zero attached hydrogens (tertiary/aromatic N) is 1. The average molecular weight is 317 g/mol. The third-order valence-corrected chi connectivity index (χ3v) is 4.97. The van der Waals surface area contributed by atoms with Crippen molar-refractivity contribution >= 4 is 23.1 Å². The van der Waals surface area contributed by atoms with Crippen molar-refractivity contribution < 1.29 is 9.63 Å². The van der Waals surface area contributed by atoms with E-state index in [9.17, 15) is 5.11 Å². The van der Waals surface area contributed by atoms with Crippen LogP contribution in [0.3, 0.4) is 0 Å². The number of benzene rings is 1. The molecule has 1 N–H and O–H groups in total. The molecule has 1 atom stereocenters. The lowest BCUT2D eigenvalue weighted by atomic mass is 10.1. The second kappa shape index (κ2) is 6.93. The molecular weight excluding hydrogens is 302 g/mol. The van der Waals surface area contributed by atoms with Crippen molar-refractivity contribution in [1.82, 2.24) is 5.16 Å². The Hall–Kier alpha value is -1.56. The highest BCUT2D eigenvalue weighted by Gasteiger charge is 2.10. The fourth-order valence-corrected chi connectivity index (χ4v) is 3.51. The van der Waals surface area contributed by atoms with Crippen LogP contribution in [-0.2, 0) is 5.75 Å². The van der Waals surface area contributed by atoms with Crippen LogP contribution in [0.15, 0.2) is 58.4 Å². The van der Waals surface area contributed by atoms with Crippen molar-refractivity contribution in [3.05, 3.63) is 65.2 Å². The molecule has 108 valence electrons. The summed E-state index contributed by atoms with van der Waals surface area (Å²) in [7, 11) is 0.